The first-order valence-electron chi connectivity index (χ1n) is 6.63. The van der Waals surface area contributed by atoms with Crippen LogP contribution in [0.4, 0.5) is 4.39 Å². The summed E-state index contributed by atoms with van der Waals surface area (Å²) in [6, 6.07) is 12.4. The number of hydrogen-bond donors (Lipinski definition) is 0. The fraction of sp³-hybridized carbons (Fsp3) is 0.235. The van der Waals surface area contributed by atoms with Crippen molar-refractivity contribution < 1.29 is 18.7 Å². The van der Waals surface area contributed by atoms with Crippen molar-refractivity contribution in [3.8, 4) is 5.75 Å². The number of carbonyl (C=O) groups is 1. The van der Waals surface area contributed by atoms with Gasteiger partial charge in [-0.3, -0.25) is 4.79 Å². The van der Waals surface area contributed by atoms with E-state index in [1.54, 1.807) is 25.1 Å². The van der Waals surface area contributed by atoms with Gasteiger partial charge in [0, 0.05) is 0 Å². The summed E-state index contributed by atoms with van der Waals surface area (Å²) >= 11 is 0. The van der Waals surface area contributed by atoms with E-state index in [9.17, 15) is 9.18 Å². The van der Waals surface area contributed by atoms with Crippen molar-refractivity contribution >= 4 is 5.97 Å². The summed E-state index contributed by atoms with van der Waals surface area (Å²) in [5.74, 6) is -0.463. The number of halogens is 1. The van der Waals surface area contributed by atoms with E-state index < -0.39 is 0 Å². The Balaban J connectivity index is 2.13. The topological polar surface area (TPSA) is 35.5 Å². The van der Waals surface area contributed by atoms with Gasteiger partial charge in [-0.05, 0) is 29.7 Å². The molecular weight excluding hydrogens is 271 g/mol. The van der Waals surface area contributed by atoms with Crippen LogP contribution in [-0.2, 0) is 22.6 Å². The molecule has 0 aliphatic rings. The fourth-order valence-corrected chi connectivity index (χ4v) is 1.99. The van der Waals surface area contributed by atoms with Gasteiger partial charge >= 0.3 is 5.97 Å². The zero-order valence-corrected chi connectivity index (χ0v) is 12.1. The lowest BCUT2D eigenvalue weighted by atomic mass is 10.1. The highest BCUT2D eigenvalue weighted by Gasteiger charge is 2.10. The highest BCUT2D eigenvalue weighted by Crippen LogP contribution is 2.21. The fourth-order valence-electron chi connectivity index (χ4n) is 1.99. The molecule has 21 heavy (non-hydrogen) atoms. The summed E-state index contributed by atoms with van der Waals surface area (Å²) in [5, 5.41) is 0. The SMILES string of the molecule is COC(=O)Cc1ccccc1COc1cccc(C)c1F. The first kappa shape index (κ1) is 15.0. The molecule has 110 valence electrons. The Kier molecular flexibility index (Phi) is 4.93. The molecular formula is C17H17FO3. The van der Waals surface area contributed by atoms with Crippen LogP contribution in [-0.4, -0.2) is 13.1 Å². The molecule has 0 spiro atoms. The average molecular weight is 288 g/mol. The van der Waals surface area contributed by atoms with E-state index in [0.29, 0.717) is 5.56 Å². The monoisotopic (exact) mass is 288 g/mol. The van der Waals surface area contributed by atoms with Crippen LogP contribution < -0.4 is 4.74 Å². The predicted molar refractivity (Wildman–Crippen MR) is 77.6 cm³/mol. The summed E-state index contributed by atoms with van der Waals surface area (Å²) < 4.78 is 24.1. The smallest absolute Gasteiger partial charge is 0.309 e. The number of esters is 1. The molecule has 0 unspecified atom stereocenters. The molecule has 2 rings (SSSR count). The minimum atomic E-state index is -0.358. The standard InChI is InChI=1S/C17H17FO3/c1-12-6-5-9-15(17(12)18)21-11-14-8-4-3-7-13(14)10-16(19)20-2/h3-9H,10-11H2,1-2H3. The molecule has 0 saturated heterocycles. The Morgan fingerprint density at radius 1 is 1.10 bits per heavy atom. The van der Waals surface area contributed by atoms with Gasteiger partial charge in [0.2, 0.25) is 0 Å². The van der Waals surface area contributed by atoms with Gasteiger partial charge in [-0.15, -0.1) is 0 Å². The lowest BCUT2D eigenvalue weighted by Gasteiger charge is -2.11. The van der Waals surface area contributed by atoms with Crippen LogP contribution in [0.3, 0.4) is 0 Å². The molecule has 2 aromatic rings. The molecule has 0 aliphatic heterocycles. The van der Waals surface area contributed by atoms with E-state index in [1.165, 1.54) is 7.11 Å². The number of benzene rings is 2. The predicted octanol–water partition coefficient (Wildman–Crippen LogP) is 3.43. The third-order valence-corrected chi connectivity index (χ3v) is 3.22. The van der Waals surface area contributed by atoms with Crippen LogP contribution >= 0.6 is 0 Å². The van der Waals surface area contributed by atoms with Crippen molar-refractivity contribution in [2.75, 3.05) is 7.11 Å². The molecule has 0 atom stereocenters. The first-order valence-corrected chi connectivity index (χ1v) is 6.63. The number of rotatable bonds is 5. The molecule has 0 aromatic heterocycles. The number of hydrogen-bond acceptors (Lipinski definition) is 3. The van der Waals surface area contributed by atoms with Gasteiger partial charge in [-0.25, -0.2) is 4.39 Å². The number of ether oxygens (including phenoxy) is 2. The van der Waals surface area contributed by atoms with Gasteiger partial charge in [-0.2, -0.15) is 0 Å². The van der Waals surface area contributed by atoms with E-state index in [-0.39, 0.29) is 30.6 Å². The molecule has 0 fully saturated rings. The van der Waals surface area contributed by atoms with E-state index in [0.717, 1.165) is 11.1 Å². The molecule has 2 aromatic carbocycles. The van der Waals surface area contributed by atoms with Crippen molar-refractivity contribution in [3.63, 3.8) is 0 Å². The highest BCUT2D eigenvalue weighted by molar-refractivity contribution is 5.72. The number of methoxy groups -OCH3 is 1. The lowest BCUT2D eigenvalue weighted by molar-refractivity contribution is -0.139. The van der Waals surface area contributed by atoms with Gasteiger partial charge < -0.3 is 9.47 Å². The number of aryl methyl sites for hydroxylation is 1. The van der Waals surface area contributed by atoms with Crippen molar-refractivity contribution in [2.45, 2.75) is 20.0 Å². The van der Waals surface area contributed by atoms with Crippen LogP contribution in [0.2, 0.25) is 0 Å². The molecule has 0 saturated carbocycles. The highest BCUT2D eigenvalue weighted by atomic mass is 19.1. The second-order valence-corrected chi connectivity index (χ2v) is 4.70. The van der Waals surface area contributed by atoms with Crippen LogP contribution in [0.1, 0.15) is 16.7 Å². The van der Waals surface area contributed by atoms with Crippen LogP contribution in [0, 0.1) is 12.7 Å². The summed E-state index contributed by atoms with van der Waals surface area (Å²) in [7, 11) is 1.35. The van der Waals surface area contributed by atoms with Gasteiger partial charge in [0.25, 0.3) is 0 Å². The maximum Gasteiger partial charge on any atom is 0.309 e. The molecule has 0 heterocycles. The van der Waals surface area contributed by atoms with Crippen LogP contribution in [0.15, 0.2) is 42.5 Å². The Labute approximate surface area is 123 Å². The van der Waals surface area contributed by atoms with Crippen molar-refractivity contribution in [2.24, 2.45) is 0 Å². The molecule has 0 aliphatic carbocycles. The van der Waals surface area contributed by atoms with E-state index in [2.05, 4.69) is 4.74 Å². The number of carbonyl (C=O) groups excluding carboxylic acids is 1. The van der Waals surface area contributed by atoms with Crippen LogP contribution in [0.5, 0.6) is 5.75 Å². The first-order chi connectivity index (χ1) is 10.1. The zero-order valence-electron chi connectivity index (χ0n) is 12.1. The third kappa shape index (κ3) is 3.81. The van der Waals surface area contributed by atoms with Crippen molar-refractivity contribution in [1.82, 2.24) is 0 Å². The lowest BCUT2D eigenvalue weighted by Crippen LogP contribution is -2.08. The summed E-state index contributed by atoms with van der Waals surface area (Å²) in [6.45, 7) is 1.89. The zero-order chi connectivity index (χ0) is 15.2. The Morgan fingerprint density at radius 2 is 1.81 bits per heavy atom. The van der Waals surface area contributed by atoms with E-state index >= 15 is 0 Å². The molecule has 3 nitrogen and oxygen atoms in total. The summed E-state index contributed by atoms with van der Waals surface area (Å²) in [6.07, 6.45) is 0.173. The normalized spacial score (nSPS) is 10.2. The second-order valence-electron chi connectivity index (χ2n) is 4.70. The van der Waals surface area contributed by atoms with Gasteiger partial charge in [-0.1, -0.05) is 36.4 Å². The Hall–Kier alpha value is -2.36. The average Bonchev–Trinajstić information content (AvgIpc) is 2.50. The Morgan fingerprint density at radius 3 is 2.52 bits per heavy atom. The third-order valence-electron chi connectivity index (χ3n) is 3.22. The van der Waals surface area contributed by atoms with E-state index in [4.69, 9.17) is 4.74 Å². The minimum Gasteiger partial charge on any atom is -0.486 e. The van der Waals surface area contributed by atoms with Crippen molar-refractivity contribution in [3.05, 3.63) is 65.0 Å². The Bertz CT molecular complexity index is 638. The minimum absolute atomic E-state index is 0.173. The molecule has 0 bridgehead atoms. The largest absolute Gasteiger partial charge is 0.486 e. The molecule has 4 heteroatoms. The van der Waals surface area contributed by atoms with Crippen LogP contribution in [0.25, 0.3) is 0 Å². The van der Waals surface area contributed by atoms with Gasteiger partial charge in [0.05, 0.1) is 13.5 Å². The summed E-state index contributed by atoms with van der Waals surface area (Å²) in [4.78, 5) is 11.4. The second kappa shape index (κ2) is 6.88. The van der Waals surface area contributed by atoms with Gasteiger partial charge in [0.1, 0.15) is 6.61 Å². The molecule has 0 N–H and O–H groups in total. The quantitative estimate of drug-likeness (QED) is 0.791. The molecule has 0 radical (unpaired) electrons. The van der Waals surface area contributed by atoms with E-state index in [1.807, 2.05) is 24.3 Å². The maximum absolute atomic E-state index is 13.9. The van der Waals surface area contributed by atoms with Gasteiger partial charge in [0.15, 0.2) is 11.6 Å². The molecule has 0 amide bonds. The van der Waals surface area contributed by atoms with Crippen molar-refractivity contribution in [1.29, 1.82) is 0 Å². The summed E-state index contributed by atoms with van der Waals surface area (Å²) in [5.41, 5.74) is 2.19. The maximum atomic E-state index is 13.9.